The van der Waals surface area contributed by atoms with Crippen LogP contribution < -0.4 is 9.47 Å². The summed E-state index contributed by atoms with van der Waals surface area (Å²) in [4.78, 5) is 2.12. The molecule has 0 aromatic carbocycles. The van der Waals surface area contributed by atoms with Crippen LogP contribution in [0.1, 0.15) is 19.8 Å². The SMILES string of the molecule is CCCC[n+]1ccc(N(C)C)cc1.F[B-](F)(F)F. The van der Waals surface area contributed by atoms with Gasteiger partial charge in [0.2, 0.25) is 0 Å². The molecular formula is C11H19BF4N2. The Balaban J connectivity index is 0.000000494. The highest BCUT2D eigenvalue weighted by Gasteiger charge is 2.20. The Morgan fingerprint density at radius 1 is 1.11 bits per heavy atom. The Kier molecular flexibility index (Phi) is 7.39. The number of aromatic nitrogens is 1. The molecule has 0 aliphatic carbocycles. The standard InChI is InChI=1S/C11H19N2.BF4/c1-4-5-8-13-9-6-11(7-10-13)12(2)3;2-1(3,4)5/h6-7,9-10H,4-5,8H2,1-3H3;/q+1;-1. The van der Waals surface area contributed by atoms with E-state index in [-0.39, 0.29) is 0 Å². The fourth-order valence-corrected chi connectivity index (χ4v) is 1.24. The first-order valence-corrected chi connectivity index (χ1v) is 5.77. The van der Waals surface area contributed by atoms with Crippen LogP contribution in [0.25, 0.3) is 0 Å². The number of halogens is 4. The third-order valence-electron chi connectivity index (χ3n) is 2.16. The summed E-state index contributed by atoms with van der Waals surface area (Å²) in [5.74, 6) is 0. The van der Waals surface area contributed by atoms with Crippen molar-refractivity contribution in [3.05, 3.63) is 24.5 Å². The van der Waals surface area contributed by atoms with Gasteiger partial charge in [0.1, 0.15) is 6.54 Å². The Bertz CT molecular complexity index is 319. The molecule has 0 radical (unpaired) electrons. The number of rotatable bonds is 4. The first-order chi connectivity index (χ1) is 8.24. The monoisotopic (exact) mass is 266 g/mol. The van der Waals surface area contributed by atoms with E-state index in [1.54, 1.807) is 0 Å². The van der Waals surface area contributed by atoms with Crippen molar-refractivity contribution in [1.29, 1.82) is 0 Å². The first kappa shape index (κ1) is 16.7. The summed E-state index contributed by atoms with van der Waals surface area (Å²) in [5.41, 5.74) is 1.26. The zero-order valence-electron chi connectivity index (χ0n) is 10.9. The van der Waals surface area contributed by atoms with E-state index in [4.69, 9.17) is 0 Å². The van der Waals surface area contributed by atoms with Crippen molar-refractivity contribution in [3.63, 3.8) is 0 Å². The minimum Gasteiger partial charge on any atom is -0.418 e. The zero-order valence-corrected chi connectivity index (χ0v) is 10.9. The molecule has 0 spiro atoms. The second-order valence-electron chi connectivity index (χ2n) is 4.04. The van der Waals surface area contributed by atoms with Crippen LogP contribution in [-0.2, 0) is 6.54 Å². The summed E-state index contributed by atoms with van der Waals surface area (Å²) in [6.07, 6.45) is 6.80. The predicted octanol–water partition coefficient (Wildman–Crippen LogP) is 3.14. The lowest BCUT2D eigenvalue weighted by molar-refractivity contribution is -0.697. The lowest BCUT2D eigenvalue weighted by Gasteiger charge is -2.10. The van der Waals surface area contributed by atoms with Gasteiger partial charge in [-0.2, -0.15) is 0 Å². The van der Waals surface area contributed by atoms with Gasteiger partial charge in [0.25, 0.3) is 0 Å². The van der Waals surface area contributed by atoms with E-state index in [9.17, 15) is 17.3 Å². The molecule has 1 aromatic heterocycles. The van der Waals surface area contributed by atoms with Gasteiger partial charge in [-0.15, -0.1) is 0 Å². The molecule has 2 nitrogen and oxygen atoms in total. The third kappa shape index (κ3) is 9.93. The number of anilines is 1. The van der Waals surface area contributed by atoms with Crippen molar-refractivity contribution in [2.24, 2.45) is 0 Å². The van der Waals surface area contributed by atoms with Crippen LogP contribution in [-0.4, -0.2) is 21.3 Å². The van der Waals surface area contributed by atoms with Crippen LogP contribution in [0.3, 0.4) is 0 Å². The molecule has 0 atom stereocenters. The molecule has 0 fully saturated rings. The van der Waals surface area contributed by atoms with Crippen molar-refractivity contribution in [2.45, 2.75) is 26.3 Å². The van der Waals surface area contributed by atoms with Crippen LogP contribution in [0, 0.1) is 0 Å². The molecule has 0 saturated heterocycles. The quantitative estimate of drug-likeness (QED) is 0.461. The van der Waals surface area contributed by atoms with Crippen molar-refractivity contribution < 1.29 is 21.8 Å². The summed E-state index contributed by atoms with van der Waals surface area (Å²) < 4.78 is 41.2. The minimum absolute atomic E-state index is 1.13. The van der Waals surface area contributed by atoms with Crippen molar-refractivity contribution in [1.82, 2.24) is 0 Å². The minimum atomic E-state index is -6.00. The maximum Gasteiger partial charge on any atom is 0.673 e. The first-order valence-electron chi connectivity index (χ1n) is 5.77. The van der Waals surface area contributed by atoms with Crippen molar-refractivity contribution >= 4 is 12.9 Å². The molecule has 1 rings (SSSR count). The third-order valence-corrected chi connectivity index (χ3v) is 2.16. The van der Waals surface area contributed by atoms with E-state index in [2.05, 4.69) is 55.0 Å². The summed E-state index contributed by atoms with van der Waals surface area (Å²) in [6, 6.07) is 4.30. The molecule has 0 aliphatic heterocycles. The van der Waals surface area contributed by atoms with E-state index in [1.807, 2.05) is 0 Å². The summed E-state index contributed by atoms with van der Waals surface area (Å²) >= 11 is 0. The van der Waals surface area contributed by atoms with Gasteiger partial charge >= 0.3 is 7.25 Å². The average molecular weight is 266 g/mol. The molecule has 0 saturated carbocycles. The van der Waals surface area contributed by atoms with Crippen molar-refractivity contribution in [2.75, 3.05) is 19.0 Å². The normalized spacial score (nSPS) is 10.6. The molecule has 18 heavy (non-hydrogen) atoms. The maximum atomic E-state index is 9.75. The van der Waals surface area contributed by atoms with Gasteiger partial charge in [-0.3, -0.25) is 0 Å². The van der Waals surface area contributed by atoms with Gasteiger partial charge in [0.05, 0.1) is 0 Å². The Morgan fingerprint density at radius 3 is 1.89 bits per heavy atom. The van der Waals surface area contributed by atoms with Crippen LogP contribution >= 0.6 is 0 Å². The molecule has 7 heteroatoms. The van der Waals surface area contributed by atoms with Gasteiger partial charge in [-0.25, -0.2) is 4.57 Å². The van der Waals surface area contributed by atoms with E-state index in [0.717, 1.165) is 6.54 Å². The highest BCUT2D eigenvalue weighted by molar-refractivity contribution is 6.50. The average Bonchev–Trinajstić information content (AvgIpc) is 2.24. The zero-order chi connectivity index (χ0) is 14.2. The van der Waals surface area contributed by atoms with E-state index in [1.165, 1.54) is 18.5 Å². The van der Waals surface area contributed by atoms with Gasteiger partial charge in [0, 0.05) is 38.3 Å². The largest absolute Gasteiger partial charge is 0.673 e. The summed E-state index contributed by atoms with van der Waals surface area (Å²) in [5, 5.41) is 0. The topological polar surface area (TPSA) is 7.12 Å². The van der Waals surface area contributed by atoms with Gasteiger partial charge < -0.3 is 22.2 Å². The number of aryl methyl sites for hydroxylation is 1. The molecule has 0 amide bonds. The Morgan fingerprint density at radius 2 is 1.56 bits per heavy atom. The fourth-order valence-electron chi connectivity index (χ4n) is 1.24. The molecule has 0 aliphatic rings. The number of hydrogen-bond acceptors (Lipinski definition) is 1. The van der Waals surface area contributed by atoms with Gasteiger partial charge in [-0.1, -0.05) is 13.3 Å². The molecule has 1 aromatic rings. The van der Waals surface area contributed by atoms with E-state index in [0.29, 0.717) is 0 Å². The molecule has 0 unspecified atom stereocenters. The maximum absolute atomic E-state index is 9.75. The Labute approximate surface area is 105 Å². The highest BCUT2D eigenvalue weighted by atomic mass is 19.5. The summed E-state index contributed by atoms with van der Waals surface area (Å²) in [7, 11) is -1.88. The molecule has 1 heterocycles. The van der Waals surface area contributed by atoms with Gasteiger partial charge in [0.15, 0.2) is 12.4 Å². The predicted molar refractivity (Wildman–Crippen MR) is 66.1 cm³/mol. The number of unbranched alkanes of at least 4 members (excludes halogenated alkanes) is 1. The lowest BCUT2D eigenvalue weighted by atomic mass is 10.3. The number of nitrogens with zero attached hydrogens (tertiary/aromatic N) is 2. The van der Waals surface area contributed by atoms with Crippen LogP contribution in [0.15, 0.2) is 24.5 Å². The van der Waals surface area contributed by atoms with E-state index < -0.39 is 7.25 Å². The smallest absolute Gasteiger partial charge is 0.418 e. The molecule has 0 N–H and O–H groups in total. The number of hydrogen-bond donors (Lipinski definition) is 0. The highest BCUT2D eigenvalue weighted by Crippen LogP contribution is 2.06. The van der Waals surface area contributed by atoms with Crippen molar-refractivity contribution in [3.8, 4) is 0 Å². The van der Waals surface area contributed by atoms with Crippen LogP contribution in [0.4, 0.5) is 23.0 Å². The van der Waals surface area contributed by atoms with Crippen LogP contribution in [0.2, 0.25) is 0 Å². The lowest BCUT2D eigenvalue weighted by Crippen LogP contribution is -2.32. The van der Waals surface area contributed by atoms with Gasteiger partial charge in [-0.05, 0) is 0 Å². The van der Waals surface area contributed by atoms with E-state index >= 15 is 0 Å². The second-order valence-corrected chi connectivity index (χ2v) is 4.04. The Hall–Kier alpha value is -1.27. The molecular weight excluding hydrogens is 247 g/mol. The van der Waals surface area contributed by atoms with Crippen LogP contribution in [0.5, 0.6) is 0 Å². The summed E-state index contributed by atoms with van der Waals surface area (Å²) in [6.45, 7) is 3.35. The molecule has 0 bridgehead atoms. The fraction of sp³-hybridized carbons (Fsp3) is 0.545. The molecule has 104 valence electrons. The number of pyridine rings is 1. The second kappa shape index (κ2) is 7.95.